The van der Waals surface area contributed by atoms with Crippen LogP contribution < -0.4 is 35.4 Å². The summed E-state index contributed by atoms with van der Waals surface area (Å²) in [6, 6.07) is 11.8. The molecular weight excluding hydrogens is 435 g/mol. The van der Waals surface area contributed by atoms with Gasteiger partial charge >= 0.3 is 27.2 Å². The number of halogens is 1. The number of carbonyl (C=O) groups is 1. The van der Waals surface area contributed by atoms with Gasteiger partial charge in [0, 0.05) is 12.1 Å². The fraction of sp³-hybridized carbons (Fsp3) is 0.316. The summed E-state index contributed by atoms with van der Waals surface area (Å²) in [5, 5.41) is 0. The van der Waals surface area contributed by atoms with Crippen molar-refractivity contribution in [3.8, 4) is 17.2 Å². The van der Waals surface area contributed by atoms with Crippen LogP contribution in [0.25, 0.3) is 0 Å². The van der Waals surface area contributed by atoms with Gasteiger partial charge in [-0.05, 0) is 24.6 Å². The van der Waals surface area contributed by atoms with Crippen LogP contribution in [-0.4, -0.2) is 33.9 Å². The van der Waals surface area contributed by atoms with Crippen LogP contribution >= 0.6 is 0 Å². The third-order valence-corrected chi connectivity index (χ3v) is 6.37. The first-order valence-corrected chi connectivity index (χ1v) is 9.96. The maximum Gasteiger partial charge on any atom is 0.366 e. The summed E-state index contributed by atoms with van der Waals surface area (Å²) in [4.78, 5) is 11.6. The Morgan fingerprint density at radius 3 is 2.04 bits per heavy atom. The largest absolute Gasteiger partial charge is 0.496 e. The number of hydrogen-bond acceptors (Lipinski definition) is 5. The lowest BCUT2D eigenvalue weighted by molar-refractivity contribution is -0.598. The van der Waals surface area contributed by atoms with Gasteiger partial charge in [0.05, 0.1) is 34.4 Å². The van der Waals surface area contributed by atoms with E-state index in [1.165, 1.54) is 3.57 Å². The van der Waals surface area contributed by atoms with Crippen LogP contribution in [0.2, 0.25) is 0 Å². The first-order valence-electron chi connectivity index (χ1n) is 7.80. The molecule has 0 heterocycles. The first kappa shape index (κ1) is 19.4. The Morgan fingerprint density at radius 2 is 1.56 bits per heavy atom. The second-order valence-electron chi connectivity index (χ2n) is 5.05. The van der Waals surface area contributed by atoms with Crippen molar-refractivity contribution in [2.75, 3.05) is 27.9 Å². The second-order valence-corrected chi connectivity index (χ2v) is 7.91. The zero-order valence-electron chi connectivity index (χ0n) is 14.8. The molecule has 5 nitrogen and oxygen atoms in total. The normalized spacial score (nSPS) is 10.2. The minimum absolute atomic E-state index is 0.205. The molecule has 2 aromatic carbocycles. The third kappa shape index (κ3) is 5.26. The second kappa shape index (κ2) is 9.50. The van der Waals surface area contributed by atoms with Gasteiger partial charge in [0.15, 0.2) is 15.1 Å². The quantitative estimate of drug-likeness (QED) is 0.411. The van der Waals surface area contributed by atoms with Gasteiger partial charge in [0.1, 0.15) is 5.75 Å². The SMILES string of the molecule is CCOC(=O)Cc1ccc([I+]c2c(OC)cc(OC)cc2OC)cc1. The number of methoxy groups -OCH3 is 3. The Hall–Kier alpha value is -1.96. The zero-order valence-corrected chi connectivity index (χ0v) is 17.0. The van der Waals surface area contributed by atoms with Crippen molar-refractivity contribution in [1.29, 1.82) is 0 Å². The molecule has 0 aliphatic carbocycles. The van der Waals surface area contributed by atoms with E-state index in [1.807, 2.05) is 36.4 Å². The van der Waals surface area contributed by atoms with Crippen LogP contribution in [-0.2, 0) is 16.0 Å². The third-order valence-electron chi connectivity index (χ3n) is 3.43. The molecule has 0 saturated heterocycles. The lowest BCUT2D eigenvalue weighted by Crippen LogP contribution is -3.61. The highest BCUT2D eigenvalue weighted by molar-refractivity contribution is 5.72. The summed E-state index contributed by atoms with van der Waals surface area (Å²) in [5.41, 5.74) is 0.944. The van der Waals surface area contributed by atoms with Gasteiger partial charge in [0.2, 0.25) is 0 Å². The Morgan fingerprint density at radius 1 is 0.960 bits per heavy atom. The molecular formula is C19H22IO5+. The van der Waals surface area contributed by atoms with E-state index >= 15 is 0 Å². The Labute approximate surface area is 158 Å². The summed E-state index contributed by atoms with van der Waals surface area (Å²) in [5.74, 6) is 2.02. The minimum Gasteiger partial charge on any atom is -0.496 e. The average Bonchev–Trinajstić information content (AvgIpc) is 2.63. The van der Waals surface area contributed by atoms with Gasteiger partial charge in [-0.2, -0.15) is 0 Å². The van der Waals surface area contributed by atoms with Gasteiger partial charge in [-0.15, -0.1) is 0 Å². The standard InChI is InChI=1S/C19H22IO5/c1-5-25-18(21)10-13-6-8-14(9-7-13)20-19-16(23-3)11-15(22-2)12-17(19)24-4/h6-9,11-12H,5,10H2,1-4H3/q+1. The molecule has 0 amide bonds. The first-order chi connectivity index (χ1) is 12.1. The van der Waals surface area contributed by atoms with Gasteiger partial charge < -0.3 is 18.9 Å². The minimum atomic E-state index is -0.508. The zero-order chi connectivity index (χ0) is 18.2. The molecule has 2 aromatic rings. The van der Waals surface area contributed by atoms with Crippen LogP contribution in [0.15, 0.2) is 36.4 Å². The molecule has 25 heavy (non-hydrogen) atoms. The maximum atomic E-state index is 11.6. The predicted molar refractivity (Wildman–Crippen MR) is 90.3 cm³/mol. The van der Waals surface area contributed by atoms with Crippen molar-refractivity contribution in [1.82, 2.24) is 0 Å². The predicted octanol–water partition coefficient (Wildman–Crippen LogP) is -0.0536. The summed E-state index contributed by atoms with van der Waals surface area (Å²) in [7, 11) is 4.90. The molecule has 0 aromatic heterocycles. The number of ether oxygens (including phenoxy) is 4. The lowest BCUT2D eigenvalue weighted by atomic mass is 10.2. The van der Waals surface area contributed by atoms with Gasteiger partial charge in [-0.3, -0.25) is 4.79 Å². The maximum absolute atomic E-state index is 11.6. The molecule has 0 fully saturated rings. The number of esters is 1. The Bertz CT molecular complexity index is 687. The average molecular weight is 457 g/mol. The van der Waals surface area contributed by atoms with E-state index in [4.69, 9.17) is 18.9 Å². The van der Waals surface area contributed by atoms with Crippen LogP contribution in [0, 0.1) is 7.14 Å². The van der Waals surface area contributed by atoms with E-state index < -0.39 is 21.2 Å². The van der Waals surface area contributed by atoms with Crippen molar-refractivity contribution >= 4 is 5.97 Å². The molecule has 6 heteroatoms. The molecule has 2 rings (SSSR count). The number of carbonyl (C=O) groups excluding carboxylic acids is 1. The fourth-order valence-corrected chi connectivity index (χ4v) is 4.83. The molecule has 0 bridgehead atoms. The molecule has 0 saturated carbocycles. The molecule has 0 spiro atoms. The molecule has 0 unspecified atom stereocenters. The number of hydrogen-bond donors (Lipinski definition) is 0. The lowest BCUT2D eigenvalue weighted by Gasteiger charge is -2.08. The topological polar surface area (TPSA) is 54.0 Å². The summed E-state index contributed by atoms with van der Waals surface area (Å²) in [6.45, 7) is 2.21. The highest BCUT2D eigenvalue weighted by atomic mass is 127. The van der Waals surface area contributed by atoms with Crippen LogP contribution in [0.4, 0.5) is 0 Å². The van der Waals surface area contributed by atoms with E-state index in [-0.39, 0.29) is 5.97 Å². The highest BCUT2D eigenvalue weighted by Gasteiger charge is 2.28. The van der Waals surface area contributed by atoms with Crippen molar-refractivity contribution in [3.63, 3.8) is 0 Å². The smallest absolute Gasteiger partial charge is 0.366 e. The van der Waals surface area contributed by atoms with Crippen molar-refractivity contribution in [3.05, 3.63) is 49.1 Å². The van der Waals surface area contributed by atoms with E-state index in [2.05, 4.69) is 0 Å². The molecule has 0 aliphatic heterocycles. The molecule has 0 radical (unpaired) electrons. The van der Waals surface area contributed by atoms with E-state index in [1.54, 1.807) is 28.3 Å². The van der Waals surface area contributed by atoms with Crippen molar-refractivity contribution in [2.45, 2.75) is 13.3 Å². The summed E-state index contributed by atoms with van der Waals surface area (Å²) in [6.07, 6.45) is 0.293. The molecule has 0 N–H and O–H groups in total. The van der Waals surface area contributed by atoms with Crippen molar-refractivity contribution < 1.29 is 44.9 Å². The summed E-state index contributed by atoms with van der Waals surface area (Å²) >= 11 is -0.508. The van der Waals surface area contributed by atoms with Crippen molar-refractivity contribution in [2.24, 2.45) is 0 Å². The van der Waals surface area contributed by atoms with Gasteiger partial charge in [-0.25, -0.2) is 0 Å². The van der Waals surface area contributed by atoms with Gasteiger partial charge in [-0.1, -0.05) is 12.1 Å². The Balaban J connectivity index is 2.20. The molecule has 0 atom stereocenters. The molecule has 0 aliphatic rings. The van der Waals surface area contributed by atoms with Crippen LogP contribution in [0.1, 0.15) is 12.5 Å². The van der Waals surface area contributed by atoms with Gasteiger partial charge in [0.25, 0.3) is 3.57 Å². The summed E-state index contributed by atoms with van der Waals surface area (Å²) < 4.78 is 23.5. The highest BCUT2D eigenvalue weighted by Crippen LogP contribution is 2.27. The van der Waals surface area contributed by atoms with E-state index in [9.17, 15) is 4.79 Å². The molecule has 134 valence electrons. The monoisotopic (exact) mass is 457 g/mol. The Kier molecular flexibility index (Phi) is 7.36. The van der Waals surface area contributed by atoms with Crippen LogP contribution in [0.3, 0.4) is 0 Å². The van der Waals surface area contributed by atoms with E-state index in [0.717, 1.165) is 20.6 Å². The fourth-order valence-electron chi connectivity index (χ4n) is 2.21. The van der Waals surface area contributed by atoms with E-state index in [0.29, 0.717) is 18.8 Å². The number of benzene rings is 2. The number of rotatable bonds is 8. The van der Waals surface area contributed by atoms with Crippen LogP contribution in [0.5, 0.6) is 17.2 Å².